The van der Waals surface area contributed by atoms with Crippen molar-refractivity contribution in [3.63, 3.8) is 0 Å². The Balaban J connectivity index is 1.62. The number of rotatable bonds is 6. The van der Waals surface area contributed by atoms with Gasteiger partial charge in [0, 0.05) is 11.8 Å². The quantitative estimate of drug-likeness (QED) is 0.500. The van der Waals surface area contributed by atoms with Crippen LogP contribution in [0.2, 0.25) is 5.15 Å². The Morgan fingerprint density at radius 2 is 2.08 bits per heavy atom. The Hall–Kier alpha value is -2.03. The fourth-order valence-corrected chi connectivity index (χ4v) is 4.19. The van der Waals surface area contributed by atoms with Gasteiger partial charge in [0.25, 0.3) is 0 Å². The molecule has 0 bridgehead atoms. The molecule has 0 atom stereocenters. The number of nitrogens with zero attached hydrogens (tertiary/aromatic N) is 2. The van der Waals surface area contributed by atoms with E-state index >= 15 is 0 Å². The van der Waals surface area contributed by atoms with Gasteiger partial charge in [0.05, 0.1) is 30.9 Å². The van der Waals surface area contributed by atoms with Crippen molar-refractivity contribution in [2.75, 3.05) is 25.3 Å². The van der Waals surface area contributed by atoms with Crippen molar-refractivity contribution in [2.24, 2.45) is 0 Å². The summed E-state index contributed by atoms with van der Waals surface area (Å²) in [5, 5.41) is 3.26. The molecule has 1 N–H and O–H groups in total. The minimum atomic E-state index is -0.132. The molecule has 0 aliphatic heterocycles. The Kier molecular flexibility index (Phi) is 5.62. The molecule has 0 aliphatic carbocycles. The molecule has 0 radical (unpaired) electrons. The van der Waals surface area contributed by atoms with Crippen LogP contribution < -0.4 is 14.8 Å². The number of thioether (sulfide) groups is 1. The van der Waals surface area contributed by atoms with Crippen LogP contribution in [0.1, 0.15) is 0 Å². The number of carbonyl (C=O) groups is 1. The van der Waals surface area contributed by atoms with E-state index in [9.17, 15) is 4.79 Å². The van der Waals surface area contributed by atoms with Gasteiger partial charge in [-0.15, -0.1) is 11.3 Å². The first-order valence-electron chi connectivity index (χ1n) is 7.16. The number of benzene rings is 1. The van der Waals surface area contributed by atoms with Crippen LogP contribution in [0.4, 0.5) is 5.69 Å². The Morgan fingerprint density at radius 1 is 1.28 bits per heavy atom. The summed E-state index contributed by atoms with van der Waals surface area (Å²) < 4.78 is 12.1. The zero-order chi connectivity index (χ0) is 17.8. The molecule has 0 saturated heterocycles. The number of nitrogens with one attached hydrogen (secondary N) is 1. The zero-order valence-corrected chi connectivity index (χ0v) is 15.8. The highest BCUT2D eigenvalue weighted by Crippen LogP contribution is 2.31. The summed E-state index contributed by atoms with van der Waals surface area (Å²) >= 11 is 8.72. The Labute approximate surface area is 157 Å². The molecule has 25 heavy (non-hydrogen) atoms. The lowest BCUT2D eigenvalue weighted by atomic mass is 10.2. The third-order valence-electron chi connectivity index (χ3n) is 3.22. The van der Waals surface area contributed by atoms with Crippen molar-refractivity contribution >= 4 is 56.5 Å². The Morgan fingerprint density at radius 3 is 2.84 bits per heavy atom. The second-order valence-corrected chi connectivity index (χ2v) is 7.50. The van der Waals surface area contributed by atoms with Gasteiger partial charge >= 0.3 is 0 Å². The molecule has 9 heteroatoms. The number of amides is 1. The van der Waals surface area contributed by atoms with E-state index in [1.807, 2.05) is 0 Å². The molecule has 2 aromatic heterocycles. The summed E-state index contributed by atoms with van der Waals surface area (Å²) in [5.74, 6) is 1.28. The average Bonchev–Trinajstić information content (AvgIpc) is 3.01. The van der Waals surface area contributed by atoms with Crippen LogP contribution in [-0.4, -0.2) is 35.8 Å². The molecule has 0 spiro atoms. The van der Waals surface area contributed by atoms with Gasteiger partial charge in [0.15, 0.2) is 15.8 Å². The van der Waals surface area contributed by atoms with E-state index in [0.29, 0.717) is 22.3 Å². The second kappa shape index (κ2) is 7.90. The number of aromatic nitrogens is 2. The van der Waals surface area contributed by atoms with Crippen LogP contribution in [-0.2, 0) is 4.79 Å². The summed E-state index contributed by atoms with van der Waals surface area (Å²) in [5.41, 5.74) is 1.42. The summed E-state index contributed by atoms with van der Waals surface area (Å²) in [6.07, 6.45) is 1.63. The van der Waals surface area contributed by atoms with Crippen LogP contribution in [0.25, 0.3) is 10.2 Å². The van der Waals surface area contributed by atoms with Crippen molar-refractivity contribution in [3.05, 3.63) is 35.6 Å². The van der Waals surface area contributed by atoms with E-state index in [4.69, 9.17) is 21.1 Å². The third kappa shape index (κ3) is 4.33. The van der Waals surface area contributed by atoms with Gasteiger partial charge in [-0.25, -0.2) is 9.97 Å². The lowest BCUT2D eigenvalue weighted by Gasteiger charge is -2.10. The third-order valence-corrected chi connectivity index (χ3v) is 5.58. The predicted octanol–water partition coefficient (Wildman–Crippen LogP) is 4.09. The number of thiazole rings is 1. The molecule has 130 valence electrons. The van der Waals surface area contributed by atoms with Crippen molar-refractivity contribution in [2.45, 2.75) is 4.34 Å². The molecule has 1 aromatic carbocycles. The van der Waals surface area contributed by atoms with Crippen molar-refractivity contribution in [1.29, 1.82) is 0 Å². The highest BCUT2D eigenvalue weighted by molar-refractivity contribution is 8.01. The molecular formula is C16H14ClN3O3S2. The minimum Gasteiger partial charge on any atom is -0.493 e. The molecular weight excluding hydrogens is 382 g/mol. The van der Waals surface area contributed by atoms with E-state index in [1.54, 1.807) is 44.7 Å². The molecule has 3 rings (SSSR count). The topological polar surface area (TPSA) is 73.3 Å². The Bertz CT molecular complexity index is 917. The maximum atomic E-state index is 12.1. The van der Waals surface area contributed by atoms with Gasteiger partial charge in [-0.3, -0.25) is 4.79 Å². The smallest absolute Gasteiger partial charge is 0.234 e. The van der Waals surface area contributed by atoms with E-state index < -0.39 is 0 Å². The van der Waals surface area contributed by atoms with Gasteiger partial charge < -0.3 is 14.8 Å². The number of methoxy groups -OCH3 is 2. The average molecular weight is 396 g/mol. The first kappa shape index (κ1) is 17.8. The number of hydrogen-bond donors (Lipinski definition) is 1. The van der Waals surface area contributed by atoms with Crippen LogP contribution in [0.5, 0.6) is 11.5 Å². The zero-order valence-electron chi connectivity index (χ0n) is 13.4. The molecule has 6 nitrogen and oxygen atoms in total. The van der Waals surface area contributed by atoms with E-state index in [1.165, 1.54) is 23.1 Å². The molecule has 0 saturated carbocycles. The number of carbonyl (C=O) groups excluding carboxylic acids is 1. The number of pyridine rings is 1. The first-order valence-corrected chi connectivity index (χ1v) is 9.34. The van der Waals surface area contributed by atoms with Gasteiger partial charge in [-0.1, -0.05) is 23.4 Å². The van der Waals surface area contributed by atoms with Crippen LogP contribution in [0.15, 0.2) is 34.8 Å². The van der Waals surface area contributed by atoms with Gasteiger partial charge in [0.2, 0.25) is 5.91 Å². The predicted molar refractivity (Wildman–Crippen MR) is 101 cm³/mol. The van der Waals surface area contributed by atoms with Gasteiger partial charge in [0.1, 0.15) is 10.7 Å². The highest BCUT2D eigenvalue weighted by atomic mass is 35.5. The lowest BCUT2D eigenvalue weighted by molar-refractivity contribution is -0.113. The molecule has 3 aromatic rings. The van der Waals surface area contributed by atoms with Gasteiger partial charge in [-0.05, 0) is 18.2 Å². The number of hydrogen-bond acceptors (Lipinski definition) is 7. The van der Waals surface area contributed by atoms with Crippen LogP contribution >= 0.6 is 34.7 Å². The van der Waals surface area contributed by atoms with Crippen LogP contribution in [0.3, 0.4) is 0 Å². The second-order valence-electron chi connectivity index (χ2n) is 4.86. The maximum Gasteiger partial charge on any atom is 0.234 e. The monoisotopic (exact) mass is 395 g/mol. The number of fused-ring (bicyclic) bond motifs is 1. The summed E-state index contributed by atoms with van der Waals surface area (Å²) in [4.78, 5) is 20.6. The number of ether oxygens (including phenoxy) is 2. The fourth-order valence-electron chi connectivity index (χ4n) is 2.09. The van der Waals surface area contributed by atoms with E-state index in [2.05, 4.69) is 15.3 Å². The highest BCUT2D eigenvalue weighted by Gasteiger charge is 2.10. The molecule has 0 fully saturated rings. The van der Waals surface area contributed by atoms with Crippen molar-refractivity contribution in [3.8, 4) is 11.5 Å². The standard InChI is InChI=1S/C16H14ClN3O3S2/c1-22-11-4-3-9(5-12(11)23-2)19-15(21)8-24-16-20-10-7-18-14(17)6-13(10)25-16/h3-7H,8H2,1-2H3,(H,19,21). The fraction of sp³-hybridized carbons (Fsp3) is 0.188. The first-order chi connectivity index (χ1) is 12.1. The molecule has 0 aliphatic rings. The lowest BCUT2D eigenvalue weighted by Crippen LogP contribution is -2.14. The largest absolute Gasteiger partial charge is 0.493 e. The summed E-state index contributed by atoms with van der Waals surface area (Å²) in [7, 11) is 3.11. The van der Waals surface area contributed by atoms with Crippen LogP contribution in [0, 0.1) is 0 Å². The molecule has 2 heterocycles. The minimum absolute atomic E-state index is 0.132. The SMILES string of the molecule is COc1ccc(NC(=O)CSc2nc3cnc(Cl)cc3s2)cc1OC. The van der Waals surface area contributed by atoms with Gasteiger partial charge in [-0.2, -0.15) is 0 Å². The summed E-state index contributed by atoms with van der Waals surface area (Å²) in [6, 6.07) is 6.98. The number of halogens is 1. The van der Waals surface area contributed by atoms with E-state index in [-0.39, 0.29) is 11.7 Å². The van der Waals surface area contributed by atoms with Crippen molar-refractivity contribution in [1.82, 2.24) is 9.97 Å². The summed E-state index contributed by atoms with van der Waals surface area (Å²) in [6.45, 7) is 0. The maximum absolute atomic E-state index is 12.1. The molecule has 1 amide bonds. The number of anilines is 1. The van der Waals surface area contributed by atoms with Crippen molar-refractivity contribution < 1.29 is 14.3 Å². The normalized spacial score (nSPS) is 10.7. The van der Waals surface area contributed by atoms with E-state index in [0.717, 1.165) is 14.6 Å². The molecule has 0 unspecified atom stereocenters.